The van der Waals surface area contributed by atoms with Gasteiger partial charge in [-0.05, 0) is 116 Å². The average Bonchev–Trinajstić information content (AvgIpc) is 3.25. The monoisotopic (exact) mass is 825 g/mol. The van der Waals surface area contributed by atoms with Gasteiger partial charge in [-0.1, -0.05) is 179 Å². The van der Waals surface area contributed by atoms with E-state index < -0.39 is 6.10 Å². The van der Waals surface area contributed by atoms with Gasteiger partial charge in [-0.15, -0.1) is 0 Å². The van der Waals surface area contributed by atoms with Crippen molar-refractivity contribution in [3.05, 3.63) is 146 Å². The fourth-order valence-electron chi connectivity index (χ4n) is 5.51. The molecule has 0 aromatic carbocycles. The Kier molecular flexibility index (Phi) is 45.7. The third kappa shape index (κ3) is 46.5. The molecule has 0 amide bonds. The van der Waals surface area contributed by atoms with Gasteiger partial charge in [0.15, 0.2) is 6.10 Å². The molecule has 0 bridgehead atoms. The SMILES string of the molecule is CC/C=C\C/C=C\C/C=C\C/C=C\C/C=C\CCCC(=O)OCC(COCCCCCC/C=C\C/C=C\C/C=C\CC)OC(=O)CC/C=C\C/C=C\C/C=C\C/C=C\CC. The molecular weight excluding hydrogens is 741 g/mol. The summed E-state index contributed by atoms with van der Waals surface area (Å²) in [6.07, 6.45) is 71.6. The van der Waals surface area contributed by atoms with Crippen molar-refractivity contribution in [2.45, 2.75) is 168 Å². The first-order chi connectivity index (χ1) is 29.6. The zero-order valence-electron chi connectivity index (χ0n) is 38.2. The second-order valence-electron chi connectivity index (χ2n) is 14.5. The summed E-state index contributed by atoms with van der Waals surface area (Å²) in [6.45, 7) is 7.25. The molecule has 0 spiro atoms. The maximum Gasteiger partial charge on any atom is 0.306 e. The van der Waals surface area contributed by atoms with Crippen molar-refractivity contribution in [2.24, 2.45) is 0 Å². The molecule has 1 unspecified atom stereocenters. The zero-order valence-corrected chi connectivity index (χ0v) is 38.2. The summed E-state index contributed by atoms with van der Waals surface area (Å²) < 4.78 is 17.2. The Bertz CT molecular complexity index is 1350. The number of carbonyl (C=O) groups excluding carboxylic acids is 2. The van der Waals surface area contributed by atoms with Crippen LogP contribution in [0.25, 0.3) is 0 Å². The lowest BCUT2D eigenvalue weighted by Gasteiger charge is -2.18. The maximum absolute atomic E-state index is 12.7. The normalized spacial score (nSPS) is 13.6. The summed E-state index contributed by atoms with van der Waals surface area (Å²) in [6, 6.07) is 0. The Balaban J connectivity index is 4.53. The minimum Gasteiger partial charge on any atom is -0.462 e. The fraction of sp³-hybridized carbons (Fsp3) is 0.527. The van der Waals surface area contributed by atoms with Gasteiger partial charge in [0, 0.05) is 19.4 Å². The van der Waals surface area contributed by atoms with E-state index in [9.17, 15) is 9.59 Å². The second-order valence-corrected chi connectivity index (χ2v) is 14.5. The quantitative estimate of drug-likeness (QED) is 0.0350. The molecule has 0 aliphatic rings. The number of allylic oxidation sites excluding steroid dienone is 24. The molecule has 1 atom stereocenters. The Hall–Kier alpha value is -4.22. The number of ether oxygens (including phenoxy) is 3. The summed E-state index contributed by atoms with van der Waals surface area (Å²) in [5.41, 5.74) is 0. The van der Waals surface area contributed by atoms with E-state index in [0.29, 0.717) is 25.9 Å². The van der Waals surface area contributed by atoms with Crippen LogP contribution in [0.3, 0.4) is 0 Å². The molecule has 0 heterocycles. The first-order valence-electron chi connectivity index (χ1n) is 23.4. The molecule has 0 aliphatic carbocycles. The van der Waals surface area contributed by atoms with Gasteiger partial charge >= 0.3 is 11.9 Å². The Labute approximate surface area is 368 Å². The summed E-state index contributed by atoms with van der Waals surface area (Å²) in [5.74, 6) is -0.588. The summed E-state index contributed by atoms with van der Waals surface area (Å²) in [7, 11) is 0. The van der Waals surface area contributed by atoms with E-state index in [-0.39, 0.29) is 31.6 Å². The Morgan fingerprint density at radius 1 is 0.367 bits per heavy atom. The van der Waals surface area contributed by atoms with Crippen LogP contribution in [0.15, 0.2) is 146 Å². The number of rotatable bonds is 40. The predicted molar refractivity (Wildman–Crippen MR) is 260 cm³/mol. The molecule has 0 saturated carbocycles. The lowest BCUT2D eigenvalue weighted by molar-refractivity contribution is -0.162. The topological polar surface area (TPSA) is 61.8 Å². The fourth-order valence-corrected chi connectivity index (χ4v) is 5.51. The van der Waals surface area contributed by atoms with E-state index in [1.165, 1.54) is 0 Å². The smallest absolute Gasteiger partial charge is 0.306 e. The van der Waals surface area contributed by atoms with Crippen molar-refractivity contribution in [2.75, 3.05) is 19.8 Å². The molecule has 0 radical (unpaired) electrons. The Morgan fingerprint density at radius 2 is 0.733 bits per heavy atom. The minimum atomic E-state index is -0.619. The van der Waals surface area contributed by atoms with Gasteiger partial charge in [0.1, 0.15) is 6.61 Å². The lowest BCUT2D eigenvalue weighted by atomic mass is 10.1. The van der Waals surface area contributed by atoms with Gasteiger partial charge in [0.2, 0.25) is 0 Å². The van der Waals surface area contributed by atoms with Crippen LogP contribution >= 0.6 is 0 Å². The maximum atomic E-state index is 12.7. The molecule has 0 fully saturated rings. The van der Waals surface area contributed by atoms with Crippen LogP contribution in [0.2, 0.25) is 0 Å². The van der Waals surface area contributed by atoms with E-state index in [0.717, 1.165) is 116 Å². The molecule has 5 nitrogen and oxygen atoms in total. The molecule has 0 aromatic rings. The van der Waals surface area contributed by atoms with Crippen LogP contribution in [0, 0.1) is 0 Å². The first-order valence-corrected chi connectivity index (χ1v) is 23.4. The highest BCUT2D eigenvalue weighted by Crippen LogP contribution is 2.08. The highest BCUT2D eigenvalue weighted by Gasteiger charge is 2.17. The lowest BCUT2D eigenvalue weighted by Crippen LogP contribution is -2.30. The van der Waals surface area contributed by atoms with Crippen molar-refractivity contribution in [3.63, 3.8) is 0 Å². The predicted octanol–water partition coefficient (Wildman–Crippen LogP) is 15.8. The standard InChI is InChI=1S/C55H84O5/c1-4-7-10-13-16-19-22-25-27-28-29-31-33-36-39-42-45-48-54(56)59-52-53(51-58-50-47-44-41-38-35-32-26-23-20-17-14-11-8-5-2)60-55(57)49-46-43-40-37-34-30-24-21-18-15-12-9-6-3/h7-12,16-21,25-27,29-32,34,36,39-40,43,53H,4-6,13-15,22-24,28,33,35,37-38,41-42,44-52H2,1-3H3/b10-7-,11-8-,12-9-,19-16-,20-17-,21-18-,27-25-,31-29-,32-26-,34-30-,39-36-,43-40-. The van der Waals surface area contributed by atoms with E-state index in [1.54, 1.807) is 0 Å². The molecule has 0 rings (SSSR count). The van der Waals surface area contributed by atoms with E-state index in [2.05, 4.69) is 161 Å². The number of unbranched alkanes of at least 4 members (excludes halogenated alkanes) is 5. The van der Waals surface area contributed by atoms with Gasteiger partial charge < -0.3 is 14.2 Å². The summed E-state index contributed by atoms with van der Waals surface area (Å²) in [4.78, 5) is 25.2. The molecule has 5 heteroatoms. The second kappa shape index (κ2) is 49.1. The van der Waals surface area contributed by atoms with E-state index >= 15 is 0 Å². The number of esters is 2. The van der Waals surface area contributed by atoms with Crippen LogP contribution in [0.4, 0.5) is 0 Å². The van der Waals surface area contributed by atoms with Gasteiger partial charge in [0.05, 0.1) is 6.61 Å². The molecule has 0 aromatic heterocycles. The third-order valence-corrected chi connectivity index (χ3v) is 8.86. The highest BCUT2D eigenvalue weighted by molar-refractivity contribution is 5.70. The van der Waals surface area contributed by atoms with Gasteiger partial charge in [-0.3, -0.25) is 9.59 Å². The molecule has 60 heavy (non-hydrogen) atoms. The van der Waals surface area contributed by atoms with Crippen LogP contribution in [-0.4, -0.2) is 37.9 Å². The van der Waals surface area contributed by atoms with Crippen LogP contribution < -0.4 is 0 Å². The van der Waals surface area contributed by atoms with Crippen molar-refractivity contribution >= 4 is 11.9 Å². The van der Waals surface area contributed by atoms with Crippen LogP contribution in [0.1, 0.15) is 162 Å². The Morgan fingerprint density at radius 3 is 1.17 bits per heavy atom. The van der Waals surface area contributed by atoms with Gasteiger partial charge in [-0.25, -0.2) is 0 Å². The molecule has 0 saturated heterocycles. The van der Waals surface area contributed by atoms with Crippen molar-refractivity contribution in [3.8, 4) is 0 Å². The molecular formula is C55H84O5. The van der Waals surface area contributed by atoms with Crippen LogP contribution in [0.5, 0.6) is 0 Å². The number of hydrogen-bond donors (Lipinski definition) is 0. The minimum absolute atomic E-state index is 0.00712. The molecule has 0 aliphatic heterocycles. The van der Waals surface area contributed by atoms with Gasteiger partial charge in [0.25, 0.3) is 0 Å². The highest BCUT2D eigenvalue weighted by atomic mass is 16.6. The van der Waals surface area contributed by atoms with Crippen molar-refractivity contribution in [1.29, 1.82) is 0 Å². The molecule has 0 N–H and O–H groups in total. The average molecular weight is 825 g/mol. The largest absolute Gasteiger partial charge is 0.462 e. The van der Waals surface area contributed by atoms with Crippen molar-refractivity contribution < 1.29 is 23.8 Å². The first kappa shape index (κ1) is 55.8. The van der Waals surface area contributed by atoms with Crippen LogP contribution in [-0.2, 0) is 23.8 Å². The van der Waals surface area contributed by atoms with E-state index in [1.807, 2.05) is 6.08 Å². The van der Waals surface area contributed by atoms with Gasteiger partial charge in [-0.2, -0.15) is 0 Å². The third-order valence-electron chi connectivity index (χ3n) is 8.86. The number of carbonyl (C=O) groups is 2. The summed E-state index contributed by atoms with van der Waals surface area (Å²) >= 11 is 0. The van der Waals surface area contributed by atoms with Crippen molar-refractivity contribution in [1.82, 2.24) is 0 Å². The number of hydrogen-bond acceptors (Lipinski definition) is 5. The molecule has 334 valence electrons. The summed E-state index contributed by atoms with van der Waals surface area (Å²) in [5, 5.41) is 0. The zero-order chi connectivity index (χ0) is 43.5. The van der Waals surface area contributed by atoms with E-state index in [4.69, 9.17) is 14.2 Å².